The molecule has 0 bridgehead atoms. The molecule has 0 aliphatic heterocycles. The van der Waals surface area contributed by atoms with Crippen molar-refractivity contribution in [1.29, 1.82) is 0 Å². The molecule has 4 heteroatoms. The number of thiophene rings is 1. The van der Waals surface area contributed by atoms with Crippen molar-refractivity contribution in [2.75, 3.05) is 0 Å². The van der Waals surface area contributed by atoms with Gasteiger partial charge in [0.2, 0.25) is 0 Å². The van der Waals surface area contributed by atoms with Gasteiger partial charge < -0.3 is 0 Å². The number of rotatable bonds is 0. The molecule has 0 aromatic carbocycles. The van der Waals surface area contributed by atoms with Crippen LogP contribution in [0.15, 0.2) is 12.5 Å². The van der Waals surface area contributed by atoms with Gasteiger partial charge in [-0.25, -0.2) is 15.0 Å². The Morgan fingerprint density at radius 3 is 2.95 bits per heavy atom. The van der Waals surface area contributed by atoms with Crippen LogP contribution in [-0.4, -0.2) is 15.0 Å². The molecule has 0 unspecified atom stereocenters. The van der Waals surface area contributed by atoms with Crippen LogP contribution in [0.3, 0.4) is 0 Å². The molecule has 0 N–H and O–H groups in total. The van der Waals surface area contributed by atoms with E-state index in [2.05, 4.69) is 30.7 Å². The molecule has 3 aromatic heterocycles. The van der Waals surface area contributed by atoms with E-state index < -0.39 is 0 Å². The fourth-order valence-corrected chi connectivity index (χ4v) is 4.41. The molecule has 0 saturated carbocycles. The number of nitrogens with zero attached hydrogens (tertiary/aromatic N) is 3. The molecule has 1 aliphatic rings. The molecule has 0 atom stereocenters. The molecule has 0 radical (unpaired) electrons. The van der Waals surface area contributed by atoms with Gasteiger partial charge in [0, 0.05) is 17.3 Å². The number of aromatic nitrogens is 3. The highest BCUT2D eigenvalue weighted by Gasteiger charge is 2.29. The minimum Gasteiger partial charge on any atom is -0.243 e. The number of hydrogen-bond acceptors (Lipinski definition) is 4. The molecular formula is C16H17N3S. The number of hydrogen-bond donors (Lipinski definition) is 0. The molecule has 0 fully saturated rings. The highest BCUT2D eigenvalue weighted by atomic mass is 32.1. The van der Waals surface area contributed by atoms with Gasteiger partial charge in [0.05, 0.1) is 10.2 Å². The van der Waals surface area contributed by atoms with E-state index in [1.165, 1.54) is 28.6 Å². The molecule has 3 heterocycles. The van der Waals surface area contributed by atoms with E-state index in [9.17, 15) is 0 Å². The Balaban J connectivity index is 2.15. The first-order valence-corrected chi connectivity index (χ1v) is 7.87. The van der Waals surface area contributed by atoms with E-state index in [1.54, 1.807) is 17.7 Å². The molecule has 0 spiro atoms. The second kappa shape index (κ2) is 3.98. The van der Waals surface area contributed by atoms with Gasteiger partial charge >= 0.3 is 0 Å². The smallest absolute Gasteiger partial charge is 0.126 e. The highest BCUT2D eigenvalue weighted by Crippen LogP contribution is 2.42. The fraction of sp³-hybridized carbons (Fsp3) is 0.438. The Morgan fingerprint density at radius 2 is 2.10 bits per heavy atom. The van der Waals surface area contributed by atoms with Gasteiger partial charge in [0.1, 0.15) is 11.2 Å². The second-order valence-corrected chi connectivity index (χ2v) is 7.54. The van der Waals surface area contributed by atoms with Gasteiger partial charge in [0.25, 0.3) is 0 Å². The molecule has 102 valence electrons. The van der Waals surface area contributed by atoms with Crippen molar-refractivity contribution in [1.82, 2.24) is 15.0 Å². The number of pyridine rings is 1. The lowest BCUT2D eigenvalue weighted by Gasteiger charge is -2.32. The SMILES string of the molecule is Cc1nc2sc3cncnc3c2c2c1CCC(C)(C)C2. The fourth-order valence-electron chi connectivity index (χ4n) is 3.33. The van der Waals surface area contributed by atoms with Crippen molar-refractivity contribution in [3.05, 3.63) is 29.3 Å². The minimum atomic E-state index is 0.370. The molecule has 0 saturated heterocycles. The van der Waals surface area contributed by atoms with E-state index in [4.69, 9.17) is 4.98 Å². The summed E-state index contributed by atoms with van der Waals surface area (Å²) >= 11 is 1.71. The van der Waals surface area contributed by atoms with Crippen LogP contribution in [-0.2, 0) is 12.8 Å². The Labute approximate surface area is 122 Å². The van der Waals surface area contributed by atoms with E-state index in [0.717, 1.165) is 27.9 Å². The van der Waals surface area contributed by atoms with Crippen molar-refractivity contribution in [2.24, 2.45) is 5.41 Å². The van der Waals surface area contributed by atoms with Gasteiger partial charge in [-0.3, -0.25) is 0 Å². The van der Waals surface area contributed by atoms with Crippen LogP contribution >= 0.6 is 11.3 Å². The predicted octanol–water partition coefficient (Wildman–Crippen LogP) is 4.06. The summed E-state index contributed by atoms with van der Waals surface area (Å²) in [6.45, 7) is 6.87. The summed E-state index contributed by atoms with van der Waals surface area (Å²) < 4.78 is 1.14. The summed E-state index contributed by atoms with van der Waals surface area (Å²) in [6, 6.07) is 0. The first-order valence-electron chi connectivity index (χ1n) is 7.06. The van der Waals surface area contributed by atoms with Crippen molar-refractivity contribution in [3.63, 3.8) is 0 Å². The van der Waals surface area contributed by atoms with Gasteiger partial charge in [-0.1, -0.05) is 13.8 Å². The van der Waals surface area contributed by atoms with Gasteiger partial charge in [0.15, 0.2) is 0 Å². The zero-order valence-electron chi connectivity index (χ0n) is 12.0. The second-order valence-electron chi connectivity index (χ2n) is 6.51. The van der Waals surface area contributed by atoms with Crippen LogP contribution in [0.1, 0.15) is 37.1 Å². The Hall–Kier alpha value is -1.55. The van der Waals surface area contributed by atoms with Crippen LogP contribution in [0.2, 0.25) is 0 Å². The quantitative estimate of drug-likeness (QED) is 0.624. The maximum atomic E-state index is 4.82. The van der Waals surface area contributed by atoms with Crippen molar-refractivity contribution in [3.8, 4) is 0 Å². The predicted molar refractivity (Wildman–Crippen MR) is 83.3 cm³/mol. The summed E-state index contributed by atoms with van der Waals surface area (Å²) in [6.07, 6.45) is 7.06. The maximum Gasteiger partial charge on any atom is 0.126 e. The van der Waals surface area contributed by atoms with Gasteiger partial charge in [-0.15, -0.1) is 11.3 Å². The molecule has 1 aliphatic carbocycles. The summed E-state index contributed by atoms with van der Waals surface area (Å²) in [5, 5.41) is 1.28. The molecule has 4 rings (SSSR count). The third-order valence-corrected chi connectivity index (χ3v) is 5.42. The monoisotopic (exact) mass is 283 g/mol. The molecule has 20 heavy (non-hydrogen) atoms. The van der Waals surface area contributed by atoms with Crippen LogP contribution in [0.4, 0.5) is 0 Å². The first kappa shape index (κ1) is 12.2. The first-order chi connectivity index (χ1) is 9.55. The molecule has 0 amide bonds. The van der Waals surface area contributed by atoms with E-state index in [0.29, 0.717) is 5.41 Å². The van der Waals surface area contributed by atoms with Gasteiger partial charge in [-0.05, 0) is 42.7 Å². The average molecular weight is 283 g/mol. The number of fused-ring (bicyclic) bond motifs is 5. The average Bonchev–Trinajstić information content (AvgIpc) is 2.75. The lowest BCUT2D eigenvalue weighted by atomic mass is 9.73. The standard InChI is InChI=1S/C16H17N3S/c1-9-10-4-5-16(2,3)6-11(10)13-14-12(7-17-8-18-14)20-15(13)19-9/h7-8H,4-6H2,1-3H3. The third kappa shape index (κ3) is 1.67. The normalized spacial score (nSPS) is 17.6. The molecule has 3 nitrogen and oxygen atoms in total. The van der Waals surface area contributed by atoms with Crippen LogP contribution in [0, 0.1) is 12.3 Å². The molecule has 3 aromatic rings. The van der Waals surface area contributed by atoms with Crippen molar-refractivity contribution >= 4 is 31.8 Å². The zero-order chi connectivity index (χ0) is 13.9. The van der Waals surface area contributed by atoms with E-state index in [1.807, 2.05) is 6.20 Å². The van der Waals surface area contributed by atoms with E-state index >= 15 is 0 Å². The van der Waals surface area contributed by atoms with Gasteiger partial charge in [-0.2, -0.15) is 0 Å². The Bertz CT molecular complexity index is 832. The van der Waals surface area contributed by atoms with Crippen molar-refractivity contribution in [2.45, 2.75) is 40.0 Å². The summed E-state index contributed by atoms with van der Waals surface area (Å²) in [5.74, 6) is 0. The third-order valence-electron chi connectivity index (χ3n) is 4.42. The number of aryl methyl sites for hydroxylation is 1. The lowest BCUT2D eigenvalue weighted by molar-refractivity contribution is 0.316. The largest absolute Gasteiger partial charge is 0.243 e. The van der Waals surface area contributed by atoms with Crippen LogP contribution in [0.25, 0.3) is 20.4 Å². The highest BCUT2D eigenvalue weighted by molar-refractivity contribution is 7.25. The topological polar surface area (TPSA) is 38.7 Å². The zero-order valence-corrected chi connectivity index (χ0v) is 12.8. The maximum absolute atomic E-state index is 4.82. The summed E-state index contributed by atoms with van der Waals surface area (Å²) in [5.41, 5.74) is 5.59. The summed E-state index contributed by atoms with van der Waals surface area (Å²) in [4.78, 5) is 14.6. The summed E-state index contributed by atoms with van der Waals surface area (Å²) in [7, 11) is 0. The lowest BCUT2D eigenvalue weighted by Crippen LogP contribution is -2.23. The Kier molecular flexibility index (Phi) is 2.43. The van der Waals surface area contributed by atoms with Crippen LogP contribution in [0.5, 0.6) is 0 Å². The molecular weight excluding hydrogens is 266 g/mol. The van der Waals surface area contributed by atoms with E-state index in [-0.39, 0.29) is 0 Å². The minimum absolute atomic E-state index is 0.370. The van der Waals surface area contributed by atoms with Crippen molar-refractivity contribution < 1.29 is 0 Å². The van der Waals surface area contributed by atoms with Crippen LogP contribution < -0.4 is 0 Å². The Morgan fingerprint density at radius 1 is 1.25 bits per heavy atom.